The van der Waals surface area contributed by atoms with Gasteiger partial charge in [0.05, 0.1) is 0 Å². The molecule has 8 nitrogen and oxygen atoms in total. The van der Waals surface area contributed by atoms with E-state index in [2.05, 4.69) is 0 Å². The van der Waals surface area contributed by atoms with Gasteiger partial charge in [-0.3, -0.25) is 20.2 Å². The first kappa shape index (κ1) is 15.2. The van der Waals surface area contributed by atoms with Gasteiger partial charge in [0.2, 0.25) is 0 Å². The zero-order valence-corrected chi connectivity index (χ0v) is 11.5. The SMILES string of the molecule is C[C@H](Oc1ccc(C=C2C(=O)NC(=O)NC2=O)cc1)C(=O)O. The zero-order valence-electron chi connectivity index (χ0n) is 11.5. The van der Waals surface area contributed by atoms with Crippen LogP contribution in [0, 0.1) is 0 Å². The predicted octanol–water partition coefficient (Wildman–Crippen LogP) is 0.288. The Labute approximate surface area is 124 Å². The highest BCUT2D eigenvalue weighted by Gasteiger charge is 2.27. The van der Waals surface area contributed by atoms with Crippen LogP contribution in [0.1, 0.15) is 12.5 Å². The van der Waals surface area contributed by atoms with Gasteiger partial charge in [0, 0.05) is 0 Å². The van der Waals surface area contributed by atoms with E-state index in [1.165, 1.54) is 25.1 Å². The van der Waals surface area contributed by atoms with Crippen LogP contribution in [0.3, 0.4) is 0 Å². The molecule has 1 atom stereocenters. The van der Waals surface area contributed by atoms with Crippen molar-refractivity contribution in [1.82, 2.24) is 10.6 Å². The highest BCUT2D eigenvalue weighted by Crippen LogP contribution is 2.16. The van der Waals surface area contributed by atoms with Crippen molar-refractivity contribution in [3.8, 4) is 5.75 Å². The summed E-state index contributed by atoms with van der Waals surface area (Å²) in [5.41, 5.74) is 0.317. The highest BCUT2D eigenvalue weighted by atomic mass is 16.5. The Balaban J connectivity index is 2.15. The molecule has 1 fully saturated rings. The molecule has 0 saturated carbocycles. The summed E-state index contributed by atoms with van der Waals surface area (Å²) in [7, 11) is 0. The number of carboxylic acid groups (broad SMARTS) is 1. The summed E-state index contributed by atoms with van der Waals surface area (Å²) in [6, 6.07) is 5.26. The van der Waals surface area contributed by atoms with E-state index < -0.39 is 29.9 Å². The van der Waals surface area contributed by atoms with Crippen LogP contribution in [0.2, 0.25) is 0 Å². The first-order chi connectivity index (χ1) is 10.4. The van der Waals surface area contributed by atoms with Gasteiger partial charge >= 0.3 is 12.0 Å². The fourth-order valence-corrected chi connectivity index (χ4v) is 1.67. The van der Waals surface area contributed by atoms with E-state index in [1.807, 2.05) is 10.6 Å². The highest BCUT2D eigenvalue weighted by molar-refractivity contribution is 6.31. The van der Waals surface area contributed by atoms with Crippen molar-refractivity contribution >= 4 is 29.9 Å². The fraction of sp³-hybridized carbons (Fsp3) is 0.143. The molecule has 1 aliphatic heterocycles. The van der Waals surface area contributed by atoms with Crippen molar-refractivity contribution in [2.45, 2.75) is 13.0 Å². The van der Waals surface area contributed by atoms with Gasteiger partial charge < -0.3 is 9.84 Å². The van der Waals surface area contributed by atoms with Crippen LogP contribution in [0.15, 0.2) is 29.8 Å². The van der Waals surface area contributed by atoms with E-state index in [1.54, 1.807) is 12.1 Å². The van der Waals surface area contributed by atoms with Gasteiger partial charge in [-0.15, -0.1) is 0 Å². The summed E-state index contributed by atoms with van der Waals surface area (Å²) >= 11 is 0. The maximum Gasteiger partial charge on any atom is 0.344 e. The number of ether oxygens (including phenoxy) is 1. The topological polar surface area (TPSA) is 122 Å². The number of benzene rings is 1. The minimum atomic E-state index is -1.09. The monoisotopic (exact) mass is 304 g/mol. The third-order valence-electron chi connectivity index (χ3n) is 2.80. The van der Waals surface area contributed by atoms with Crippen LogP contribution in [0.25, 0.3) is 6.08 Å². The number of hydrogen-bond donors (Lipinski definition) is 3. The Bertz CT molecular complexity index is 655. The summed E-state index contributed by atoms with van der Waals surface area (Å²) in [6.07, 6.45) is 0.312. The molecule has 0 radical (unpaired) electrons. The van der Waals surface area contributed by atoms with Crippen LogP contribution in [-0.2, 0) is 14.4 Å². The number of aliphatic carboxylic acids is 1. The lowest BCUT2D eigenvalue weighted by Gasteiger charge is -2.14. The predicted molar refractivity (Wildman–Crippen MR) is 73.8 cm³/mol. The largest absolute Gasteiger partial charge is 0.479 e. The molecule has 0 bridgehead atoms. The second kappa shape index (κ2) is 6.08. The number of carbonyl (C=O) groups is 4. The Morgan fingerprint density at radius 2 is 1.68 bits per heavy atom. The van der Waals surface area contributed by atoms with Crippen molar-refractivity contribution < 1.29 is 29.0 Å². The standard InChI is InChI=1S/C14H12N2O6/c1-7(13(19)20)22-9-4-2-8(3-5-9)6-10-11(17)15-14(21)16-12(10)18/h2-7H,1H3,(H,19,20)(H2,15,16,17,18,21)/t7-/m0/s1. The lowest BCUT2D eigenvalue weighted by atomic mass is 10.1. The minimum absolute atomic E-state index is 0.202. The van der Waals surface area contributed by atoms with Gasteiger partial charge in [-0.2, -0.15) is 0 Å². The average molecular weight is 304 g/mol. The summed E-state index contributed by atoms with van der Waals surface area (Å²) in [4.78, 5) is 44.7. The number of urea groups is 1. The molecular formula is C14H12N2O6. The van der Waals surface area contributed by atoms with E-state index in [4.69, 9.17) is 9.84 Å². The third kappa shape index (κ3) is 3.48. The molecule has 4 amide bonds. The van der Waals surface area contributed by atoms with E-state index in [9.17, 15) is 19.2 Å². The van der Waals surface area contributed by atoms with Gasteiger partial charge in [0.15, 0.2) is 6.10 Å². The summed E-state index contributed by atoms with van der Waals surface area (Å²) in [5.74, 6) is -2.32. The molecule has 3 N–H and O–H groups in total. The second-order valence-electron chi connectivity index (χ2n) is 4.46. The molecule has 1 aliphatic rings. The Morgan fingerprint density at radius 3 is 2.18 bits per heavy atom. The summed E-state index contributed by atoms with van der Waals surface area (Å²) in [6.45, 7) is 1.39. The number of nitrogens with one attached hydrogen (secondary N) is 2. The average Bonchev–Trinajstić information content (AvgIpc) is 2.44. The van der Waals surface area contributed by atoms with Gasteiger partial charge in [0.1, 0.15) is 11.3 Å². The summed E-state index contributed by atoms with van der Waals surface area (Å²) < 4.78 is 5.15. The van der Waals surface area contributed by atoms with E-state index in [-0.39, 0.29) is 5.57 Å². The molecule has 1 aromatic carbocycles. The molecule has 0 spiro atoms. The van der Waals surface area contributed by atoms with Gasteiger partial charge in [-0.1, -0.05) is 12.1 Å². The lowest BCUT2D eigenvalue weighted by molar-refractivity contribution is -0.144. The maximum atomic E-state index is 11.6. The smallest absolute Gasteiger partial charge is 0.344 e. The number of carbonyl (C=O) groups excluding carboxylic acids is 3. The number of barbiturate groups is 1. The number of amides is 4. The number of hydrogen-bond acceptors (Lipinski definition) is 5. The van der Waals surface area contributed by atoms with Crippen molar-refractivity contribution in [2.24, 2.45) is 0 Å². The lowest BCUT2D eigenvalue weighted by Crippen LogP contribution is -2.51. The van der Waals surface area contributed by atoms with Crippen molar-refractivity contribution in [1.29, 1.82) is 0 Å². The Morgan fingerprint density at radius 1 is 1.14 bits per heavy atom. The van der Waals surface area contributed by atoms with Crippen LogP contribution >= 0.6 is 0 Å². The van der Waals surface area contributed by atoms with Crippen molar-refractivity contribution in [2.75, 3.05) is 0 Å². The first-order valence-corrected chi connectivity index (χ1v) is 6.24. The molecule has 114 valence electrons. The molecule has 8 heteroatoms. The Kier molecular flexibility index (Phi) is 4.21. The Hall–Kier alpha value is -3.16. The first-order valence-electron chi connectivity index (χ1n) is 6.24. The molecule has 0 aromatic heterocycles. The van der Waals surface area contributed by atoms with E-state index >= 15 is 0 Å². The molecule has 1 aromatic rings. The third-order valence-corrected chi connectivity index (χ3v) is 2.80. The molecule has 2 rings (SSSR count). The van der Waals surface area contributed by atoms with E-state index in [0.29, 0.717) is 11.3 Å². The van der Waals surface area contributed by atoms with Gasteiger partial charge in [0.25, 0.3) is 11.8 Å². The zero-order chi connectivity index (χ0) is 16.3. The summed E-state index contributed by atoms with van der Waals surface area (Å²) in [5, 5.41) is 12.7. The van der Waals surface area contributed by atoms with E-state index in [0.717, 1.165) is 0 Å². The molecule has 0 aliphatic carbocycles. The molecular weight excluding hydrogens is 292 g/mol. The quantitative estimate of drug-likeness (QED) is 0.543. The number of rotatable bonds is 4. The second-order valence-corrected chi connectivity index (χ2v) is 4.46. The van der Waals surface area contributed by atoms with Crippen LogP contribution in [-0.4, -0.2) is 35.0 Å². The number of imide groups is 2. The normalized spacial score (nSPS) is 15.7. The van der Waals surface area contributed by atoms with Crippen LogP contribution in [0.5, 0.6) is 5.75 Å². The molecule has 1 heterocycles. The molecule has 0 unspecified atom stereocenters. The van der Waals surface area contributed by atoms with Crippen molar-refractivity contribution in [3.05, 3.63) is 35.4 Å². The van der Waals surface area contributed by atoms with Crippen molar-refractivity contribution in [3.63, 3.8) is 0 Å². The maximum absolute atomic E-state index is 11.6. The van der Waals surface area contributed by atoms with Gasteiger partial charge in [-0.25, -0.2) is 9.59 Å². The fourth-order valence-electron chi connectivity index (χ4n) is 1.67. The molecule has 22 heavy (non-hydrogen) atoms. The number of carboxylic acids is 1. The van der Waals surface area contributed by atoms with Gasteiger partial charge in [-0.05, 0) is 30.7 Å². The molecule has 1 saturated heterocycles. The minimum Gasteiger partial charge on any atom is -0.479 e. The van der Waals surface area contributed by atoms with Crippen LogP contribution < -0.4 is 15.4 Å². The van der Waals surface area contributed by atoms with Crippen LogP contribution in [0.4, 0.5) is 4.79 Å².